The zero-order valence-electron chi connectivity index (χ0n) is 9.52. The van der Waals surface area contributed by atoms with Crippen molar-refractivity contribution >= 4 is 5.91 Å². The highest BCUT2D eigenvalue weighted by Gasteiger charge is 2.39. The highest BCUT2D eigenvalue weighted by molar-refractivity contribution is 5.86. The van der Waals surface area contributed by atoms with Gasteiger partial charge < -0.3 is 11.1 Å². The van der Waals surface area contributed by atoms with Crippen LogP contribution in [0.25, 0.3) is 0 Å². The van der Waals surface area contributed by atoms with Gasteiger partial charge in [0, 0.05) is 6.54 Å². The molecule has 1 fully saturated rings. The van der Waals surface area contributed by atoms with E-state index in [0.29, 0.717) is 0 Å². The molecule has 0 aromatic heterocycles. The van der Waals surface area contributed by atoms with Crippen molar-refractivity contribution in [2.75, 3.05) is 6.54 Å². The minimum Gasteiger partial charge on any atom is -0.354 e. The van der Waals surface area contributed by atoms with E-state index >= 15 is 0 Å². The van der Waals surface area contributed by atoms with Gasteiger partial charge in [-0.2, -0.15) is 0 Å². The number of nitrogens with two attached hydrogens (primary N) is 1. The molecule has 0 aromatic rings. The van der Waals surface area contributed by atoms with E-state index in [4.69, 9.17) is 5.73 Å². The minimum atomic E-state index is -0.544. The maximum atomic E-state index is 11.6. The van der Waals surface area contributed by atoms with E-state index in [0.717, 1.165) is 32.2 Å². The molecule has 1 saturated carbocycles. The first-order valence-electron chi connectivity index (χ1n) is 5.41. The van der Waals surface area contributed by atoms with Gasteiger partial charge in [-0.05, 0) is 31.1 Å². The SMILES string of the molecule is CC(C)(C)CCNC(=O)C1(N)CCC1. The van der Waals surface area contributed by atoms with E-state index in [-0.39, 0.29) is 11.3 Å². The fraction of sp³-hybridized carbons (Fsp3) is 0.909. The molecule has 14 heavy (non-hydrogen) atoms. The van der Waals surface area contributed by atoms with Crippen molar-refractivity contribution in [1.29, 1.82) is 0 Å². The van der Waals surface area contributed by atoms with Gasteiger partial charge in [-0.3, -0.25) is 4.79 Å². The second-order valence-electron chi connectivity index (χ2n) is 5.58. The number of rotatable bonds is 3. The van der Waals surface area contributed by atoms with Crippen LogP contribution in [-0.2, 0) is 4.79 Å². The Hall–Kier alpha value is -0.570. The van der Waals surface area contributed by atoms with Crippen LogP contribution in [0.1, 0.15) is 46.5 Å². The average Bonchev–Trinajstić information content (AvgIpc) is 1.97. The Morgan fingerprint density at radius 3 is 2.36 bits per heavy atom. The molecule has 3 N–H and O–H groups in total. The maximum Gasteiger partial charge on any atom is 0.240 e. The van der Waals surface area contributed by atoms with Crippen molar-refractivity contribution in [2.24, 2.45) is 11.1 Å². The van der Waals surface area contributed by atoms with Crippen LogP contribution >= 0.6 is 0 Å². The standard InChI is InChI=1S/C11H22N2O/c1-10(2,3)7-8-13-9(14)11(12)5-4-6-11/h4-8,12H2,1-3H3,(H,13,14). The molecule has 1 amide bonds. The molecular weight excluding hydrogens is 176 g/mol. The first kappa shape index (κ1) is 11.5. The lowest BCUT2D eigenvalue weighted by Crippen LogP contribution is -2.58. The molecule has 0 aliphatic heterocycles. The number of nitrogens with one attached hydrogen (secondary N) is 1. The Labute approximate surface area is 86.4 Å². The highest BCUT2D eigenvalue weighted by atomic mass is 16.2. The summed E-state index contributed by atoms with van der Waals surface area (Å²) in [7, 11) is 0. The first-order chi connectivity index (χ1) is 6.33. The van der Waals surface area contributed by atoms with Crippen molar-refractivity contribution in [1.82, 2.24) is 5.32 Å². The minimum absolute atomic E-state index is 0.0352. The van der Waals surface area contributed by atoms with Gasteiger partial charge in [-0.25, -0.2) is 0 Å². The fourth-order valence-corrected chi connectivity index (χ4v) is 1.51. The van der Waals surface area contributed by atoms with Crippen molar-refractivity contribution in [3.63, 3.8) is 0 Å². The molecule has 0 spiro atoms. The van der Waals surface area contributed by atoms with E-state index in [2.05, 4.69) is 26.1 Å². The molecule has 3 heteroatoms. The number of hydrogen-bond donors (Lipinski definition) is 2. The number of carbonyl (C=O) groups excluding carboxylic acids is 1. The third kappa shape index (κ3) is 2.98. The summed E-state index contributed by atoms with van der Waals surface area (Å²) in [5.74, 6) is 0.0352. The van der Waals surface area contributed by atoms with Gasteiger partial charge in [-0.15, -0.1) is 0 Å². The van der Waals surface area contributed by atoms with Crippen LogP contribution in [0.15, 0.2) is 0 Å². The highest BCUT2D eigenvalue weighted by Crippen LogP contribution is 2.29. The Kier molecular flexibility index (Phi) is 3.20. The monoisotopic (exact) mass is 198 g/mol. The normalized spacial score (nSPS) is 20.0. The van der Waals surface area contributed by atoms with Crippen LogP contribution in [0, 0.1) is 5.41 Å². The van der Waals surface area contributed by atoms with Gasteiger partial charge in [0.1, 0.15) is 0 Å². The van der Waals surface area contributed by atoms with Crippen molar-refractivity contribution in [2.45, 2.75) is 52.0 Å². The maximum absolute atomic E-state index is 11.6. The summed E-state index contributed by atoms with van der Waals surface area (Å²) in [4.78, 5) is 11.6. The third-order valence-corrected chi connectivity index (χ3v) is 2.86. The summed E-state index contributed by atoms with van der Waals surface area (Å²) in [6.07, 6.45) is 3.76. The van der Waals surface area contributed by atoms with Crippen molar-refractivity contribution in [3.05, 3.63) is 0 Å². The summed E-state index contributed by atoms with van der Waals surface area (Å²) < 4.78 is 0. The quantitative estimate of drug-likeness (QED) is 0.720. The molecule has 0 unspecified atom stereocenters. The molecular formula is C11H22N2O. The Morgan fingerprint density at radius 2 is 2.00 bits per heavy atom. The largest absolute Gasteiger partial charge is 0.354 e. The molecule has 82 valence electrons. The molecule has 0 heterocycles. The molecule has 0 bridgehead atoms. The summed E-state index contributed by atoms with van der Waals surface area (Å²) in [5.41, 5.74) is 5.61. The lowest BCUT2D eigenvalue weighted by atomic mass is 9.77. The van der Waals surface area contributed by atoms with Crippen LogP contribution < -0.4 is 11.1 Å². The number of carbonyl (C=O) groups is 1. The van der Waals surface area contributed by atoms with Crippen LogP contribution in [0.3, 0.4) is 0 Å². The van der Waals surface area contributed by atoms with Gasteiger partial charge >= 0.3 is 0 Å². The molecule has 0 aromatic carbocycles. The first-order valence-corrected chi connectivity index (χ1v) is 5.41. The Balaban J connectivity index is 2.22. The van der Waals surface area contributed by atoms with E-state index in [1.54, 1.807) is 0 Å². The summed E-state index contributed by atoms with van der Waals surface area (Å²) in [6, 6.07) is 0. The summed E-state index contributed by atoms with van der Waals surface area (Å²) in [5, 5.41) is 2.92. The third-order valence-electron chi connectivity index (χ3n) is 2.86. The number of amides is 1. The van der Waals surface area contributed by atoms with Crippen LogP contribution in [0.2, 0.25) is 0 Å². The van der Waals surface area contributed by atoms with Crippen LogP contribution in [-0.4, -0.2) is 18.0 Å². The molecule has 0 atom stereocenters. The predicted octanol–water partition coefficient (Wildman–Crippen LogP) is 1.42. The zero-order chi connectivity index (χ0) is 10.8. The number of hydrogen-bond acceptors (Lipinski definition) is 2. The summed E-state index contributed by atoms with van der Waals surface area (Å²) in [6.45, 7) is 7.24. The van der Waals surface area contributed by atoms with Gasteiger partial charge in [0.05, 0.1) is 5.54 Å². The van der Waals surface area contributed by atoms with Gasteiger partial charge in [-0.1, -0.05) is 20.8 Å². The second-order valence-corrected chi connectivity index (χ2v) is 5.58. The lowest BCUT2D eigenvalue weighted by Gasteiger charge is -2.36. The molecule has 0 radical (unpaired) electrons. The predicted molar refractivity (Wildman–Crippen MR) is 57.9 cm³/mol. The van der Waals surface area contributed by atoms with Crippen LogP contribution in [0.4, 0.5) is 0 Å². The van der Waals surface area contributed by atoms with Gasteiger partial charge in [0.2, 0.25) is 5.91 Å². The fourth-order valence-electron chi connectivity index (χ4n) is 1.51. The van der Waals surface area contributed by atoms with Crippen molar-refractivity contribution in [3.8, 4) is 0 Å². The smallest absolute Gasteiger partial charge is 0.240 e. The molecule has 1 aliphatic rings. The van der Waals surface area contributed by atoms with E-state index in [1.807, 2.05) is 0 Å². The Morgan fingerprint density at radius 1 is 1.43 bits per heavy atom. The molecule has 0 saturated heterocycles. The van der Waals surface area contributed by atoms with E-state index in [1.165, 1.54) is 0 Å². The zero-order valence-corrected chi connectivity index (χ0v) is 9.52. The molecule has 3 nitrogen and oxygen atoms in total. The van der Waals surface area contributed by atoms with E-state index in [9.17, 15) is 4.79 Å². The van der Waals surface area contributed by atoms with Gasteiger partial charge in [0.15, 0.2) is 0 Å². The Bertz CT molecular complexity index is 214. The van der Waals surface area contributed by atoms with Crippen LogP contribution in [0.5, 0.6) is 0 Å². The average molecular weight is 198 g/mol. The lowest BCUT2D eigenvalue weighted by molar-refractivity contribution is -0.129. The molecule has 1 rings (SSSR count). The van der Waals surface area contributed by atoms with Gasteiger partial charge in [0.25, 0.3) is 0 Å². The molecule has 1 aliphatic carbocycles. The summed E-state index contributed by atoms with van der Waals surface area (Å²) >= 11 is 0. The van der Waals surface area contributed by atoms with Crippen molar-refractivity contribution < 1.29 is 4.79 Å². The topological polar surface area (TPSA) is 55.1 Å². The second kappa shape index (κ2) is 3.89. The van der Waals surface area contributed by atoms with E-state index < -0.39 is 5.54 Å².